The first-order valence-electron chi connectivity index (χ1n) is 12.2. The van der Waals surface area contributed by atoms with Crippen molar-refractivity contribution in [3.8, 4) is 0 Å². The Hall–Kier alpha value is -3.25. The van der Waals surface area contributed by atoms with Gasteiger partial charge in [-0.2, -0.15) is 0 Å². The molecule has 0 radical (unpaired) electrons. The monoisotopic (exact) mass is 459 g/mol. The van der Waals surface area contributed by atoms with Crippen LogP contribution < -0.4 is 0 Å². The number of pyridine rings is 3. The standard InChI is InChI=1S/C28H37N5O/c1-4-23-7-10-26(29-17-23)20-32(15-16-34)13-14-33(21-27-11-8-24(5-2)18-30-27)22-28-12-9-25(6-3)19-31-28/h7-14,17-19,34H,4-6,15-16,20-22H2,1-3H3. The van der Waals surface area contributed by atoms with Gasteiger partial charge in [-0.3, -0.25) is 15.0 Å². The Balaban J connectivity index is 1.76. The van der Waals surface area contributed by atoms with Gasteiger partial charge in [-0.05, 0) is 54.2 Å². The van der Waals surface area contributed by atoms with E-state index in [1.165, 1.54) is 16.7 Å². The fourth-order valence-corrected chi connectivity index (χ4v) is 3.58. The van der Waals surface area contributed by atoms with Crippen molar-refractivity contribution in [2.75, 3.05) is 13.2 Å². The molecule has 180 valence electrons. The maximum atomic E-state index is 9.60. The molecule has 0 unspecified atom stereocenters. The quantitative estimate of drug-likeness (QED) is 0.405. The highest BCUT2D eigenvalue weighted by molar-refractivity contribution is 5.17. The molecule has 34 heavy (non-hydrogen) atoms. The molecule has 0 aromatic carbocycles. The van der Waals surface area contributed by atoms with Gasteiger partial charge in [-0.15, -0.1) is 0 Å². The van der Waals surface area contributed by atoms with Crippen LogP contribution in [0.4, 0.5) is 0 Å². The predicted molar refractivity (Wildman–Crippen MR) is 137 cm³/mol. The van der Waals surface area contributed by atoms with Crippen molar-refractivity contribution in [3.05, 3.63) is 101 Å². The van der Waals surface area contributed by atoms with E-state index in [2.05, 4.69) is 88.1 Å². The molecule has 1 N–H and O–H groups in total. The highest BCUT2D eigenvalue weighted by Gasteiger charge is 2.08. The number of aliphatic hydroxyl groups is 1. The number of aryl methyl sites for hydroxylation is 3. The lowest BCUT2D eigenvalue weighted by Crippen LogP contribution is -2.24. The molecule has 3 aromatic heterocycles. The summed E-state index contributed by atoms with van der Waals surface area (Å²) in [6.07, 6.45) is 12.9. The summed E-state index contributed by atoms with van der Waals surface area (Å²) < 4.78 is 0. The van der Waals surface area contributed by atoms with E-state index in [9.17, 15) is 5.11 Å². The zero-order chi connectivity index (χ0) is 24.2. The van der Waals surface area contributed by atoms with Crippen LogP contribution in [-0.4, -0.2) is 43.0 Å². The Morgan fingerprint density at radius 1 is 0.618 bits per heavy atom. The number of aromatic nitrogens is 3. The van der Waals surface area contributed by atoms with E-state index in [0.717, 1.165) is 36.3 Å². The molecule has 0 aliphatic rings. The summed E-state index contributed by atoms with van der Waals surface area (Å²) in [6, 6.07) is 12.7. The second-order valence-corrected chi connectivity index (χ2v) is 8.43. The third-order valence-corrected chi connectivity index (χ3v) is 5.85. The minimum Gasteiger partial charge on any atom is -0.395 e. The Labute approximate surface area is 204 Å². The second kappa shape index (κ2) is 13.5. The first kappa shape index (κ1) is 25.4. The number of hydrogen-bond acceptors (Lipinski definition) is 6. The lowest BCUT2D eigenvalue weighted by Gasteiger charge is -2.24. The number of rotatable bonds is 13. The van der Waals surface area contributed by atoms with Gasteiger partial charge in [0.15, 0.2) is 0 Å². The molecule has 0 amide bonds. The molecule has 0 aliphatic heterocycles. The fraction of sp³-hybridized carbons (Fsp3) is 0.393. The van der Waals surface area contributed by atoms with Gasteiger partial charge in [0.05, 0.1) is 43.3 Å². The minimum absolute atomic E-state index is 0.0808. The zero-order valence-electron chi connectivity index (χ0n) is 20.7. The number of hydrogen-bond donors (Lipinski definition) is 1. The van der Waals surface area contributed by atoms with Crippen molar-refractivity contribution in [2.24, 2.45) is 0 Å². The van der Waals surface area contributed by atoms with Gasteiger partial charge in [-0.1, -0.05) is 39.0 Å². The van der Waals surface area contributed by atoms with Crippen LogP contribution in [0.1, 0.15) is 54.5 Å². The van der Waals surface area contributed by atoms with Crippen molar-refractivity contribution in [1.82, 2.24) is 24.8 Å². The van der Waals surface area contributed by atoms with Crippen LogP contribution in [0.25, 0.3) is 0 Å². The summed E-state index contributed by atoms with van der Waals surface area (Å²) in [7, 11) is 0. The molecule has 0 bridgehead atoms. The molecule has 0 saturated carbocycles. The van der Waals surface area contributed by atoms with Crippen LogP contribution in [-0.2, 0) is 38.9 Å². The topological polar surface area (TPSA) is 65.4 Å². The highest BCUT2D eigenvalue weighted by atomic mass is 16.3. The summed E-state index contributed by atoms with van der Waals surface area (Å²) in [4.78, 5) is 18.2. The third-order valence-electron chi connectivity index (χ3n) is 5.85. The fourth-order valence-electron chi connectivity index (χ4n) is 3.58. The van der Waals surface area contributed by atoms with Crippen molar-refractivity contribution in [2.45, 2.75) is 59.7 Å². The third kappa shape index (κ3) is 7.96. The van der Waals surface area contributed by atoms with Crippen LogP contribution in [0.15, 0.2) is 67.4 Å². The van der Waals surface area contributed by atoms with Gasteiger partial charge in [0.2, 0.25) is 0 Å². The number of nitrogens with zero attached hydrogens (tertiary/aromatic N) is 5. The first-order valence-corrected chi connectivity index (χ1v) is 12.2. The van der Waals surface area contributed by atoms with Gasteiger partial charge < -0.3 is 14.9 Å². The van der Waals surface area contributed by atoms with Crippen LogP contribution in [0.3, 0.4) is 0 Å². The Morgan fingerprint density at radius 2 is 1.00 bits per heavy atom. The van der Waals surface area contributed by atoms with E-state index in [-0.39, 0.29) is 6.61 Å². The summed E-state index contributed by atoms with van der Waals surface area (Å²) in [5.41, 5.74) is 6.70. The second-order valence-electron chi connectivity index (χ2n) is 8.43. The van der Waals surface area contributed by atoms with E-state index in [1.54, 1.807) is 0 Å². The molecular formula is C28H37N5O. The van der Waals surface area contributed by atoms with Crippen LogP contribution >= 0.6 is 0 Å². The summed E-state index contributed by atoms with van der Waals surface area (Å²) in [5, 5.41) is 9.60. The van der Waals surface area contributed by atoms with E-state index in [1.807, 2.05) is 24.8 Å². The molecule has 3 rings (SSSR count). The van der Waals surface area contributed by atoms with Crippen molar-refractivity contribution in [1.29, 1.82) is 0 Å². The zero-order valence-corrected chi connectivity index (χ0v) is 20.7. The number of aliphatic hydroxyl groups excluding tert-OH is 1. The van der Waals surface area contributed by atoms with Crippen LogP contribution in [0.5, 0.6) is 0 Å². The molecule has 0 fully saturated rings. The van der Waals surface area contributed by atoms with Gasteiger partial charge >= 0.3 is 0 Å². The van der Waals surface area contributed by atoms with E-state index in [0.29, 0.717) is 26.2 Å². The van der Waals surface area contributed by atoms with Crippen LogP contribution in [0.2, 0.25) is 0 Å². The predicted octanol–water partition coefficient (Wildman–Crippen LogP) is 4.53. The summed E-state index contributed by atoms with van der Waals surface area (Å²) in [5.74, 6) is 0. The van der Waals surface area contributed by atoms with Crippen LogP contribution in [0, 0.1) is 0 Å². The van der Waals surface area contributed by atoms with Gasteiger partial charge in [0.25, 0.3) is 0 Å². The van der Waals surface area contributed by atoms with E-state index < -0.39 is 0 Å². The molecule has 0 atom stereocenters. The van der Waals surface area contributed by atoms with Gasteiger partial charge in [0, 0.05) is 37.5 Å². The average Bonchev–Trinajstić information content (AvgIpc) is 2.88. The first-order chi connectivity index (χ1) is 16.6. The Kier molecular flexibility index (Phi) is 10.0. The molecular weight excluding hydrogens is 422 g/mol. The average molecular weight is 460 g/mol. The molecule has 0 spiro atoms. The maximum absolute atomic E-state index is 9.60. The molecule has 6 nitrogen and oxygen atoms in total. The van der Waals surface area contributed by atoms with Gasteiger partial charge in [0.1, 0.15) is 0 Å². The van der Waals surface area contributed by atoms with Crippen molar-refractivity contribution in [3.63, 3.8) is 0 Å². The van der Waals surface area contributed by atoms with Crippen molar-refractivity contribution < 1.29 is 5.11 Å². The summed E-state index contributed by atoms with van der Waals surface area (Å²) >= 11 is 0. The van der Waals surface area contributed by atoms with E-state index >= 15 is 0 Å². The lowest BCUT2D eigenvalue weighted by atomic mass is 10.2. The molecule has 0 saturated heterocycles. The van der Waals surface area contributed by atoms with Crippen molar-refractivity contribution >= 4 is 0 Å². The lowest BCUT2D eigenvalue weighted by molar-refractivity contribution is 0.228. The largest absolute Gasteiger partial charge is 0.395 e. The Morgan fingerprint density at radius 3 is 1.32 bits per heavy atom. The molecule has 6 heteroatoms. The van der Waals surface area contributed by atoms with E-state index in [4.69, 9.17) is 0 Å². The maximum Gasteiger partial charge on any atom is 0.0606 e. The highest BCUT2D eigenvalue weighted by Crippen LogP contribution is 2.12. The molecule has 3 aromatic rings. The normalized spacial score (nSPS) is 11.2. The molecule has 3 heterocycles. The summed E-state index contributed by atoms with van der Waals surface area (Å²) in [6.45, 7) is 9.01. The minimum atomic E-state index is 0.0808. The molecule has 0 aliphatic carbocycles. The SMILES string of the molecule is CCc1ccc(CN(C=CN(Cc2ccc(CC)cn2)Cc2ccc(CC)cn2)CCO)nc1. The smallest absolute Gasteiger partial charge is 0.0606 e. The van der Waals surface area contributed by atoms with Gasteiger partial charge in [-0.25, -0.2) is 0 Å². The Bertz CT molecular complexity index is 951.